The second-order valence-electron chi connectivity index (χ2n) is 8.10. The summed E-state index contributed by atoms with van der Waals surface area (Å²) in [6.45, 7) is 9.00. The Balaban J connectivity index is 2.04. The van der Waals surface area contributed by atoms with E-state index < -0.39 is 10.0 Å². The van der Waals surface area contributed by atoms with Gasteiger partial charge in [0.05, 0.1) is 18.0 Å². The molecule has 25 heavy (non-hydrogen) atoms. The van der Waals surface area contributed by atoms with Crippen molar-refractivity contribution in [2.24, 2.45) is 5.41 Å². The summed E-state index contributed by atoms with van der Waals surface area (Å²) in [5, 5.41) is 0. The lowest BCUT2D eigenvalue weighted by Crippen LogP contribution is -2.49. The van der Waals surface area contributed by atoms with Gasteiger partial charge in [0.2, 0.25) is 10.0 Å². The smallest absolute Gasteiger partial charge is 0.213 e. The van der Waals surface area contributed by atoms with E-state index in [1.54, 1.807) is 14.1 Å². The number of hydrogen-bond donors (Lipinski definition) is 0. The van der Waals surface area contributed by atoms with Crippen LogP contribution in [-0.4, -0.2) is 63.2 Å². The maximum Gasteiger partial charge on any atom is 0.213 e. The maximum absolute atomic E-state index is 12.0. The molecule has 2 atom stereocenters. The summed E-state index contributed by atoms with van der Waals surface area (Å²) in [5.74, 6) is 0.188. The zero-order chi connectivity index (χ0) is 18.7. The first kappa shape index (κ1) is 20.4. The summed E-state index contributed by atoms with van der Waals surface area (Å²) in [7, 11) is 0.0456. The van der Waals surface area contributed by atoms with Gasteiger partial charge < -0.3 is 4.74 Å². The Morgan fingerprint density at radius 3 is 2.36 bits per heavy atom. The highest BCUT2D eigenvalue weighted by Crippen LogP contribution is 2.33. The van der Waals surface area contributed by atoms with E-state index in [0.717, 1.165) is 19.6 Å². The minimum atomic E-state index is -3.13. The number of morpholine rings is 1. The molecule has 0 aliphatic carbocycles. The minimum Gasteiger partial charge on any atom is -0.367 e. The summed E-state index contributed by atoms with van der Waals surface area (Å²) >= 11 is 0. The largest absolute Gasteiger partial charge is 0.367 e. The molecule has 0 bridgehead atoms. The molecule has 1 aromatic rings. The van der Waals surface area contributed by atoms with Crippen LogP contribution in [0.25, 0.3) is 0 Å². The molecular weight excluding hydrogens is 336 g/mol. The van der Waals surface area contributed by atoms with Crippen LogP contribution in [0.15, 0.2) is 30.3 Å². The summed E-state index contributed by atoms with van der Waals surface area (Å²) in [5.41, 5.74) is 1.23. The molecular formula is C19H32N2O3S. The van der Waals surface area contributed by atoms with Crippen molar-refractivity contribution in [1.29, 1.82) is 0 Å². The fraction of sp³-hybridized carbons (Fsp3) is 0.684. The molecule has 142 valence electrons. The SMILES string of the molecule is CN(C)S(=O)(=O)CCCN1C[C@@H](c2ccccc2)O[C@@H](C(C)(C)C)C1. The third-order valence-corrected chi connectivity index (χ3v) is 6.66. The van der Waals surface area contributed by atoms with Gasteiger partial charge in [-0.25, -0.2) is 12.7 Å². The topological polar surface area (TPSA) is 49.9 Å². The second kappa shape index (κ2) is 8.16. The first-order valence-corrected chi connectivity index (χ1v) is 10.5. The fourth-order valence-electron chi connectivity index (χ4n) is 2.99. The molecule has 6 heteroatoms. The zero-order valence-corrected chi connectivity index (χ0v) is 16.9. The van der Waals surface area contributed by atoms with Gasteiger partial charge in [0.15, 0.2) is 0 Å². The second-order valence-corrected chi connectivity index (χ2v) is 10.4. The summed E-state index contributed by atoms with van der Waals surface area (Å²) in [6.07, 6.45) is 0.792. The summed E-state index contributed by atoms with van der Waals surface area (Å²) < 4.78 is 31.6. The van der Waals surface area contributed by atoms with Crippen LogP contribution in [0.5, 0.6) is 0 Å². The van der Waals surface area contributed by atoms with Crippen molar-refractivity contribution in [2.75, 3.05) is 39.5 Å². The third kappa shape index (κ3) is 5.78. The van der Waals surface area contributed by atoms with Gasteiger partial charge in [-0.15, -0.1) is 0 Å². The quantitative estimate of drug-likeness (QED) is 0.775. The molecule has 0 spiro atoms. The molecule has 0 unspecified atom stereocenters. The normalized spacial score (nSPS) is 23.1. The first-order chi connectivity index (χ1) is 11.6. The van der Waals surface area contributed by atoms with E-state index in [-0.39, 0.29) is 23.4 Å². The van der Waals surface area contributed by atoms with Gasteiger partial charge in [0.25, 0.3) is 0 Å². The predicted molar refractivity (Wildman–Crippen MR) is 102 cm³/mol. The van der Waals surface area contributed by atoms with Crippen molar-refractivity contribution in [3.63, 3.8) is 0 Å². The van der Waals surface area contributed by atoms with Gasteiger partial charge in [-0.1, -0.05) is 51.1 Å². The number of nitrogens with zero attached hydrogens (tertiary/aromatic N) is 2. The summed E-state index contributed by atoms with van der Waals surface area (Å²) in [6, 6.07) is 10.3. The van der Waals surface area contributed by atoms with Crippen LogP contribution in [0, 0.1) is 5.41 Å². The van der Waals surface area contributed by atoms with Crippen molar-refractivity contribution in [3.8, 4) is 0 Å². The average molecular weight is 369 g/mol. The van der Waals surface area contributed by atoms with Crippen molar-refractivity contribution in [2.45, 2.75) is 39.4 Å². The van der Waals surface area contributed by atoms with Crippen molar-refractivity contribution in [3.05, 3.63) is 35.9 Å². The van der Waals surface area contributed by atoms with Crippen LogP contribution in [0.2, 0.25) is 0 Å². The van der Waals surface area contributed by atoms with E-state index in [2.05, 4.69) is 37.8 Å². The zero-order valence-electron chi connectivity index (χ0n) is 16.1. The van der Waals surface area contributed by atoms with Gasteiger partial charge in [0.1, 0.15) is 0 Å². The molecule has 1 heterocycles. The van der Waals surface area contributed by atoms with Crippen LogP contribution in [0.4, 0.5) is 0 Å². The van der Waals surface area contributed by atoms with E-state index in [1.165, 1.54) is 9.87 Å². The highest BCUT2D eigenvalue weighted by molar-refractivity contribution is 7.89. The van der Waals surface area contributed by atoms with E-state index in [0.29, 0.717) is 6.42 Å². The van der Waals surface area contributed by atoms with Crippen molar-refractivity contribution in [1.82, 2.24) is 9.21 Å². The van der Waals surface area contributed by atoms with Crippen LogP contribution in [0.3, 0.4) is 0 Å². The standard InChI is InChI=1S/C19H32N2O3S/c1-19(2,3)18-15-21(12-9-13-25(22,23)20(4)5)14-17(24-18)16-10-7-6-8-11-16/h6-8,10-11,17-18H,9,12-15H2,1-5H3/t17-,18+/m0/s1. The van der Waals surface area contributed by atoms with E-state index in [9.17, 15) is 8.42 Å². The molecule has 1 saturated heterocycles. The van der Waals surface area contributed by atoms with Gasteiger partial charge in [0, 0.05) is 27.2 Å². The molecule has 1 aromatic carbocycles. The van der Waals surface area contributed by atoms with Crippen molar-refractivity contribution >= 4 is 10.0 Å². The van der Waals surface area contributed by atoms with E-state index in [1.807, 2.05) is 18.2 Å². The lowest BCUT2D eigenvalue weighted by atomic mass is 9.87. The van der Waals surface area contributed by atoms with Crippen LogP contribution >= 0.6 is 0 Å². The Hall–Kier alpha value is -0.950. The monoisotopic (exact) mass is 368 g/mol. The average Bonchev–Trinajstić information content (AvgIpc) is 2.54. The molecule has 0 N–H and O–H groups in total. The van der Waals surface area contributed by atoms with Crippen molar-refractivity contribution < 1.29 is 13.2 Å². The summed E-state index contributed by atoms with van der Waals surface area (Å²) in [4.78, 5) is 2.35. The molecule has 0 radical (unpaired) electrons. The Morgan fingerprint density at radius 2 is 1.80 bits per heavy atom. The van der Waals surface area contributed by atoms with Gasteiger partial charge in [-0.3, -0.25) is 4.90 Å². The lowest BCUT2D eigenvalue weighted by molar-refractivity contribution is -0.128. The number of ether oxygens (including phenoxy) is 1. The van der Waals surface area contributed by atoms with Gasteiger partial charge >= 0.3 is 0 Å². The molecule has 5 nitrogen and oxygen atoms in total. The molecule has 0 amide bonds. The minimum absolute atomic E-state index is 0.0321. The van der Waals surface area contributed by atoms with Crippen LogP contribution in [-0.2, 0) is 14.8 Å². The van der Waals surface area contributed by atoms with E-state index in [4.69, 9.17) is 4.74 Å². The maximum atomic E-state index is 12.0. The van der Waals surface area contributed by atoms with Crippen LogP contribution < -0.4 is 0 Å². The molecule has 1 aliphatic rings. The lowest BCUT2D eigenvalue weighted by Gasteiger charge is -2.43. The first-order valence-electron chi connectivity index (χ1n) is 8.92. The molecule has 1 aliphatic heterocycles. The number of benzene rings is 1. The number of hydrogen-bond acceptors (Lipinski definition) is 4. The number of rotatable bonds is 6. The highest BCUT2D eigenvalue weighted by atomic mass is 32.2. The molecule has 0 aromatic heterocycles. The highest BCUT2D eigenvalue weighted by Gasteiger charge is 2.35. The third-order valence-electron chi connectivity index (χ3n) is 4.75. The van der Waals surface area contributed by atoms with Gasteiger partial charge in [-0.05, 0) is 23.9 Å². The van der Waals surface area contributed by atoms with Crippen LogP contribution in [0.1, 0.15) is 38.9 Å². The Bertz CT molecular complexity index is 638. The molecule has 1 fully saturated rings. The fourth-order valence-corrected chi connectivity index (χ4v) is 3.85. The number of sulfonamides is 1. The molecule has 2 rings (SSSR count). The molecule has 0 saturated carbocycles. The Labute approximate surface area is 153 Å². The Morgan fingerprint density at radius 1 is 1.16 bits per heavy atom. The predicted octanol–water partition coefficient (Wildman–Crippen LogP) is 2.76. The van der Waals surface area contributed by atoms with E-state index >= 15 is 0 Å². The Kier molecular flexibility index (Phi) is 6.65. The van der Waals surface area contributed by atoms with Gasteiger partial charge in [-0.2, -0.15) is 0 Å².